The second kappa shape index (κ2) is 9.32. The molecule has 0 radical (unpaired) electrons. The highest BCUT2D eigenvalue weighted by Crippen LogP contribution is 2.16. The molecule has 1 aliphatic rings. The van der Waals surface area contributed by atoms with Gasteiger partial charge in [-0.25, -0.2) is 9.18 Å². The smallest absolute Gasteiger partial charge is 0.321 e. The molecule has 1 N–H and O–H groups in total. The van der Waals surface area contributed by atoms with Crippen LogP contribution in [0.3, 0.4) is 0 Å². The number of aromatic nitrogens is 1. The van der Waals surface area contributed by atoms with Crippen molar-refractivity contribution in [2.24, 2.45) is 0 Å². The molecule has 1 aromatic heterocycles. The van der Waals surface area contributed by atoms with Gasteiger partial charge in [-0.2, -0.15) is 0 Å². The van der Waals surface area contributed by atoms with Crippen LogP contribution in [0.5, 0.6) is 5.75 Å². The maximum absolute atomic E-state index is 13.3. The first kappa shape index (κ1) is 19.1. The first-order valence-electron chi connectivity index (χ1n) is 9.05. The summed E-state index contributed by atoms with van der Waals surface area (Å²) in [5.41, 5.74) is 1.44. The number of carbonyl (C=O) groups excluding carboxylic acids is 1. The number of rotatable bonds is 7. The van der Waals surface area contributed by atoms with Crippen LogP contribution in [-0.4, -0.2) is 48.8 Å². The van der Waals surface area contributed by atoms with Crippen molar-refractivity contribution in [1.82, 2.24) is 9.88 Å². The van der Waals surface area contributed by atoms with Crippen LogP contribution in [0.15, 0.2) is 42.7 Å². The van der Waals surface area contributed by atoms with Gasteiger partial charge in [0.1, 0.15) is 11.6 Å². The van der Waals surface area contributed by atoms with Crippen LogP contribution in [0.25, 0.3) is 0 Å². The Labute approximate surface area is 158 Å². The Morgan fingerprint density at radius 2 is 2.19 bits per heavy atom. The molecule has 0 aliphatic carbocycles. The lowest BCUT2D eigenvalue weighted by Crippen LogP contribution is -2.41. The van der Waals surface area contributed by atoms with E-state index in [4.69, 9.17) is 9.47 Å². The van der Waals surface area contributed by atoms with E-state index < -0.39 is 5.82 Å². The Hall–Kier alpha value is -2.67. The largest absolute Gasteiger partial charge is 0.497 e. The number of ether oxygens (including phenoxy) is 2. The minimum atomic E-state index is -0.489. The zero-order chi connectivity index (χ0) is 19.1. The number of amides is 2. The van der Waals surface area contributed by atoms with Gasteiger partial charge in [-0.3, -0.25) is 4.98 Å². The summed E-state index contributed by atoms with van der Waals surface area (Å²) in [6.45, 7) is 1.76. The summed E-state index contributed by atoms with van der Waals surface area (Å²) in [7, 11) is 1.63. The van der Waals surface area contributed by atoms with E-state index in [9.17, 15) is 9.18 Å². The fourth-order valence-electron chi connectivity index (χ4n) is 3.05. The fourth-order valence-corrected chi connectivity index (χ4v) is 3.05. The SMILES string of the molecule is COc1ccc(CCN(C[C@H]2CCCO2)C(=O)Nc2cncc(F)c2)cc1. The van der Waals surface area contributed by atoms with Crippen LogP contribution in [-0.2, 0) is 11.2 Å². The fraction of sp³-hybridized carbons (Fsp3) is 0.400. The van der Waals surface area contributed by atoms with Gasteiger partial charge in [0, 0.05) is 25.8 Å². The summed E-state index contributed by atoms with van der Waals surface area (Å²) >= 11 is 0. The minimum Gasteiger partial charge on any atom is -0.497 e. The Balaban J connectivity index is 1.64. The predicted octanol–water partition coefficient (Wildman–Crippen LogP) is 3.48. The first-order valence-corrected chi connectivity index (χ1v) is 9.05. The van der Waals surface area contributed by atoms with E-state index in [-0.39, 0.29) is 12.1 Å². The molecule has 1 aliphatic heterocycles. The van der Waals surface area contributed by atoms with Gasteiger partial charge in [0.2, 0.25) is 0 Å². The summed E-state index contributed by atoms with van der Waals surface area (Å²) in [5, 5.41) is 2.72. The third-order valence-corrected chi connectivity index (χ3v) is 4.52. The standard InChI is InChI=1S/C20H24FN3O3/c1-26-18-6-4-15(5-7-18)8-9-24(14-19-3-2-10-27-19)20(25)23-17-11-16(21)12-22-13-17/h4-7,11-13,19H,2-3,8-10,14H2,1H3,(H,23,25)/t19-/m1/s1. The molecule has 1 saturated heterocycles. The summed E-state index contributed by atoms with van der Waals surface area (Å²) in [6, 6.07) is 8.73. The van der Waals surface area contributed by atoms with Crippen molar-refractivity contribution in [1.29, 1.82) is 0 Å². The van der Waals surface area contributed by atoms with Gasteiger partial charge in [0.05, 0.1) is 31.3 Å². The zero-order valence-corrected chi connectivity index (χ0v) is 15.4. The molecule has 0 unspecified atom stereocenters. The molecular formula is C20H24FN3O3. The molecule has 2 amide bonds. The number of hydrogen-bond donors (Lipinski definition) is 1. The lowest BCUT2D eigenvalue weighted by Gasteiger charge is -2.26. The van der Waals surface area contributed by atoms with Crippen LogP contribution in [0.2, 0.25) is 0 Å². The van der Waals surface area contributed by atoms with Gasteiger partial charge in [0.25, 0.3) is 0 Å². The van der Waals surface area contributed by atoms with Crippen molar-refractivity contribution in [3.8, 4) is 5.75 Å². The number of carbonyl (C=O) groups is 1. The van der Waals surface area contributed by atoms with Gasteiger partial charge >= 0.3 is 6.03 Å². The van der Waals surface area contributed by atoms with Crippen LogP contribution in [0, 0.1) is 5.82 Å². The van der Waals surface area contributed by atoms with E-state index in [1.165, 1.54) is 12.3 Å². The second-order valence-corrected chi connectivity index (χ2v) is 6.50. The molecule has 6 nitrogen and oxygen atoms in total. The third-order valence-electron chi connectivity index (χ3n) is 4.52. The molecule has 0 saturated carbocycles. The number of pyridine rings is 1. The highest BCUT2D eigenvalue weighted by atomic mass is 19.1. The van der Waals surface area contributed by atoms with E-state index in [1.54, 1.807) is 12.0 Å². The summed E-state index contributed by atoms with van der Waals surface area (Å²) in [4.78, 5) is 18.2. The van der Waals surface area contributed by atoms with Gasteiger partial charge in [-0.05, 0) is 37.0 Å². The van der Waals surface area contributed by atoms with Gasteiger partial charge in [-0.1, -0.05) is 12.1 Å². The normalized spacial score (nSPS) is 16.1. The lowest BCUT2D eigenvalue weighted by atomic mass is 10.1. The lowest BCUT2D eigenvalue weighted by molar-refractivity contribution is 0.0839. The Bertz CT molecular complexity index is 748. The number of urea groups is 1. The molecule has 144 valence electrons. The molecule has 0 spiro atoms. The number of nitrogens with zero attached hydrogens (tertiary/aromatic N) is 2. The molecule has 3 rings (SSSR count). The predicted molar refractivity (Wildman–Crippen MR) is 100 cm³/mol. The molecule has 2 aromatic rings. The van der Waals surface area contributed by atoms with Crippen LogP contribution in [0.1, 0.15) is 18.4 Å². The van der Waals surface area contributed by atoms with E-state index in [0.717, 1.165) is 37.0 Å². The van der Waals surface area contributed by atoms with Crippen molar-refractivity contribution in [3.63, 3.8) is 0 Å². The highest BCUT2D eigenvalue weighted by Gasteiger charge is 2.22. The summed E-state index contributed by atoms with van der Waals surface area (Å²) in [5.74, 6) is 0.308. The van der Waals surface area contributed by atoms with Crippen molar-refractivity contribution in [3.05, 3.63) is 54.1 Å². The minimum absolute atomic E-state index is 0.0391. The first-order chi connectivity index (χ1) is 13.1. The number of methoxy groups -OCH3 is 1. The molecule has 27 heavy (non-hydrogen) atoms. The van der Waals surface area contributed by atoms with Gasteiger partial charge < -0.3 is 19.7 Å². The third kappa shape index (κ3) is 5.65. The number of benzene rings is 1. The van der Waals surface area contributed by atoms with Crippen molar-refractivity contribution in [2.75, 3.05) is 32.1 Å². The monoisotopic (exact) mass is 373 g/mol. The van der Waals surface area contributed by atoms with Crippen molar-refractivity contribution >= 4 is 11.7 Å². The number of hydrogen-bond acceptors (Lipinski definition) is 4. The molecular weight excluding hydrogens is 349 g/mol. The number of halogens is 1. The second-order valence-electron chi connectivity index (χ2n) is 6.50. The van der Waals surface area contributed by atoms with Crippen LogP contribution in [0.4, 0.5) is 14.9 Å². The molecule has 0 bridgehead atoms. The quantitative estimate of drug-likeness (QED) is 0.807. The Kier molecular flexibility index (Phi) is 6.59. The molecule has 1 atom stereocenters. The summed E-state index contributed by atoms with van der Waals surface area (Å²) < 4.78 is 24.2. The van der Waals surface area contributed by atoms with Gasteiger partial charge in [0.15, 0.2) is 0 Å². The van der Waals surface area contributed by atoms with E-state index in [1.807, 2.05) is 24.3 Å². The number of anilines is 1. The van der Waals surface area contributed by atoms with Crippen LogP contribution < -0.4 is 10.1 Å². The average Bonchev–Trinajstić information content (AvgIpc) is 3.18. The van der Waals surface area contributed by atoms with Crippen molar-refractivity contribution < 1.29 is 18.7 Å². The molecule has 2 heterocycles. The molecule has 7 heteroatoms. The van der Waals surface area contributed by atoms with Gasteiger partial charge in [-0.15, -0.1) is 0 Å². The zero-order valence-electron chi connectivity index (χ0n) is 15.4. The Morgan fingerprint density at radius 3 is 2.85 bits per heavy atom. The Morgan fingerprint density at radius 1 is 1.37 bits per heavy atom. The molecule has 1 aromatic carbocycles. The maximum atomic E-state index is 13.3. The highest BCUT2D eigenvalue weighted by molar-refractivity contribution is 5.89. The van der Waals surface area contributed by atoms with E-state index >= 15 is 0 Å². The van der Waals surface area contributed by atoms with Crippen molar-refractivity contribution in [2.45, 2.75) is 25.4 Å². The van der Waals surface area contributed by atoms with E-state index in [2.05, 4.69) is 10.3 Å². The number of nitrogens with one attached hydrogen (secondary N) is 1. The van der Waals surface area contributed by atoms with Crippen LogP contribution >= 0.6 is 0 Å². The summed E-state index contributed by atoms with van der Waals surface area (Å²) in [6.07, 6.45) is 5.21. The average molecular weight is 373 g/mol. The molecule has 1 fully saturated rings. The van der Waals surface area contributed by atoms with E-state index in [0.29, 0.717) is 25.2 Å². The maximum Gasteiger partial charge on any atom is 0.321 e. The topological polar surface area (TPSA) is 63.7 Å².